The summed E-state index contributed by atoms with van der Waals surface area (Å²) in [6.07, 6.45) is 7.11. The van der Waals surface area contributed by atoms with Gasteiger partial charge in [0, 0.05) is 26.4 Å². The summed E-state index contributed by atoms with van der Waals surface area (Å²) in [7, 11) is 1.83. The summed E-state index contributed by atoms with van der Waals surface area (Å²) in [4.78, 5) is 15.6. The van der Waals surface area contributed by atoms with Crippen LogP contribution in [0.5, 0.6) is 0 Å². The van der Waals surface area contributed by atoms with E-state index in [4.69, 9.17) is 5.73 Å². The Bertz CT molecular complexity index is 350. The van der Waals surface area contributed by atoms with Crippen molar-refractivity contribution in [2.24, 2.45) is 12.8 Å². The van der Waals surface area contributed by atoms with Gasteiger partial charge in [0.1, 0.15) is 6.33 Å². The van der Waals surface area contributed by atoms with E-state index >= 15 is 0 Å². The first kappa shape index (κ1) is 14.6. The van der Waals surface area contributed by atoms with Gasteiger partial charge in [0.25, 0.3) is 0 Å². The Morgan fingerprint density at radius 3 is 2.83 bits per heavy atom. The van der Waals surface area contributed by atoms with E-state index in [1.165, 1.54) is 0 Å². The topological polar surface area (TPSA) is 85.8 Å². The standard InChI is InChI=1S/C12H23N5O/c1-17-10-15-11(16-17)7-9-14-12(18)6-4-2-3-5-8-13/h10H,2-9,13H2,1H3,(H,14,18). The Labute approximate surface area is 108 Å². The van der Waals surface area contributed by atoms with Crippen LogP contribution in [0.4, 0.5) is 0 Å². The Kier molecular flexibility index (Phi) is 7.01. The summed E-state index contributed by atoms with van der Waals surface area (Å²) in [5.74, 6) is 0.874. The molecule has 1 heterocycles. The molecule has 0 aliphatic rings. The van der Waals surface area contributed by atoms with Gasteiger partial charge < -0.3 is 11.1 Å². The van der Waals surface area contributed by atoms with Gasteiger partial charge in [-0.05, 0) is 19.4 Å². The molecule has 3 N–H and O–H groups in total. The molecule has 6 heteroatoms. The van der Waals surface area contributed by atoms with Crippen LogP contribution in [0.3, 0.4) is 0 Å². The molecule has 0 unspecified atom stereocenters. The van der Waals surface area contributed by atoms with Crippen molar-refractivity contribution in [1.82, 2.24) is 20.1 Å². The number of nitrogens with two attached hydrogens (primary N) is 1. The van der Waals surface area contributed by atoms with Crippen LogP contribution in [0, 0.1) is 0 Å². The molecule has 1 amide bonds. The second kappa shape index (κ2) is 8.63. The molecule has 0 fully saturated rings. The molecular formula is C12H23N5O. The zero-order chi connectivity index (χ0) is 13.2. The molecule has 6 nitrogen and oxygen atoms in total. The van der Waals surface area contributed by atoms with E-state index in [0.717, 1.165) is 38.1 Å². The first-order chi connectivity index (χ1) is 8.72. The van der Waals surface area contributed by atoms with Crippen LogP contribution in [0.25, 0.3) is 0 Å². The van der Waals surface area contributed by atoms with Crippen LogP contribution in [0.2, 0.25) is 0 Å². The molecule has 18 heavy (non-hydrogen) atoms. The number of unbranched alkanes of at least 4 members (excludes halogenated alkanes) is 3. The van der Waals surface area contributed by atoms with Gasteiger partial charge >= 0.3 is 0 Å². The van der Waals surface area contributed by atoms with E-state index in [0.29, 0.717) is 19.4 Å². The van der Waals surface area contributed by atoms with Gasteiger partial charge in [0.15, 0.2) is 5.82 Å². The number of rotatable bonds is 9. The van der Waals surface area contributed by atoms with Crippen LogP contribution in [-0.4, -0.2) is 33.8 Å². The van der Waals surface area contributed by atoms with Crippen molar-refractivity contribution in [3.05, 3.63) is 12.2 Å². The minimum absolute atomic E-state index is 0.110. The number of nitrogens with one attached hydrogen (secondary N) is 1. The van der Waals surface area contributed by atoms with Crippen LogP contribution in [0.15, 0.2) is 6.33 Å². The molecule has 0 spiro atoms. The average Bonchev–Trinajstić information content (AvgIpc) is 2.75. The molecule has 1 rings (SSSR count). The maximum atomic E-state index is 11.5. The SMILES string of the molecule is Cn1cnc(CCNC(=O)CCCCCCN)n1. The Morgan fingerprint density at radius 2 is 2.17 bits per heavy atom. The van der Waals surface area contributed by atoms with Crippen molar-refractivity contribution < 1.29 is 4.79 Å². The molecule has 0 saturated heterocycles. The fourth-order valence-corrected chi connectivity index (χ4v) is 1.68. The highest BCUT2D eigenvalue weighted by Crippen LogP contribution is 2.01. The summed E-state index contributed by atoms with van der Waals surface area (Å²) in [5.41, 5.74) is 5.40. The zero-order valence-electron chi connectivity index (χ0n) is 11.1. The van der Waals surface area contributed by atoms with Gasteiger partial charge in [-0.25, -0.2) is 4.98 Å². The minimum Gasteiger partial charge on any atom is -0.356 e. The molecule has 0 saturated carbocycles. The average molecular weight is 253 g/mol. The van der Waals surface area contributed by atoms with Crippen molar-refractivity contribution in [3.63, 3.8) is 0 Å². The van der Waals surface area contributed by atoms with Crippen LogP contribution >= 0.6 is 0 Å². The lowest BCUT2D eigenvalue weighted by Gasteiger charge is -2.03. The van der Waals surface area contributed by atoms with Crippen LogP contribution in [0.1, 0.15) is 37.9 Å². The van der Waals surface area contributed by atoms with Gasteiger partial charge in [-0.3, -0.25) is 9.48 Å². The number of carbonyl (C=O) groups excluding carboxylic acids is 1. The number of carbonyl (C=O) groups is 1. The number of nitrogens with zero attached hydrogens (tertiary/aromatic N) is 3. The fraction of sp³-hybridized carbons (Fsp3) is 0.750. The molecule has 0 aromatic carbocycles. The van der Waals surface area contributed by atoms with E-state index in [2.05, 4.69) is 15.4 Å². The number of hydrogen-bond acceptors (Lipinski definition) is 4. The summed E-state index contributed by atoms with van der Waals surface area (Å²) in [5, 5.41) is 7.02. The molecule has 0 atom stereocenters. The van der Waals surface area contributed by atoms with E-state index < -0.39 is 0 Å². The predicted octanol–water partition coefficient (Wildman–Crippen LogP) is 0.383. The molecular weight excluding hydrogens is 230 g/mol. The summed E-state index contributed by atoms with van der Waals surface area (Å²) in [6, 6.07) is 0. The van der Waals surface area contributed by atoms with Crippen molar-refractivity contribution in [1.29, 1.82) is 0 Å². The Hall–Kier alpha value is -1.43. The maximum absolute atomic E-state index is 11.5. The Balaban J connectivity index is 2.00. The van der Waals surface area contributed by atoms with Crippen molar-refractivity contribution in [3.8, 4) is 0 Å². The third kappa shape index (κ3) is 6.34. The van der Waals surface area contributed by atoms with Crippen molar-refractivity contribution in [2.45, 2.75) is 38.5 Å². The number of aryl methyl sites for hydroxylation is 1. The number of amides is 1. The molecule has 102 valence electrons. The normalized spacial score (nSPS) is 10.6. The maximum Gasteiger partial charge on any atom is 0.220 e. The van der Waals surface area contributed by atoms with E-state index in [-0.39, 0.29) is 5.91 Å². The first-order valence-electron chi connectivity index (χ1n) is 6.53. The highest BCUT2D eigenvalue weighted by Gasteiger charge is 2.02. The third-order valence-corrected chi connectivity index (χ3v) is 2.68. The fourth-order valence-electron chi connectivity index (χ4n) is 1.68. The summed E-state index contributed by atoms with van der Waals surface area (Å²) < 4.78 is 1.66. The third-order valence-electron chi connectivity index (χ3n) is 2.68. The molecule has 1 aromatic rings. The molecule has 0 bridgehead atoms. The quantitative estimate of drug-likeness (QED) is 0.623. The van der Waals surface area contributed by atoms with Crippen molar-refractivity contribution in [2.75, 3.05) is 13.1 Å². The monoisotopic (exact) mass is 253 g/mol. The Morgan fingerprint density at radius 1 is 1.39 bits per heavy atom. The predicted molar refractivity (Wildman–Crippen MR) is 69.9 cm³/mol. The lowest BCUT2D eigenvalue weighted by atomic mass is 10.1. The van der Waals surface area contributed by atoms with Gasteiger partial charge in [-0.1, -0.05) is 12.8 Å². The number of hydrogen-bond donors (Lipinski definition) is 2. The number of aromatic nitrogens is 3. The molecule has 0 aliphatic carbocycles. The summed E-state index contributed by atoms with van der Waals surface area (Å²) >= 11 is 0. The molecule has 0 aliphatic heterocycles. The lowest BCUT2D eigenvalue weighted by Crippen LogP contribution is -2.25. The van der Waals surface area contributed by atoms with Crippen LogP contribution in [-0.2, 0) is 18.3 Å². The van der Waals surface area contributed by atoms with Crippen LogP contribution < -0.4 is 11.1 Å². The highest BCUT2D eigenvalue weighted by molar-refractivity contribution is 5.75. The largest absolute Gasteiger partial charge is 0.356 e. The smallest absolute Gasteiger partial charge is 0.220 e. The van der Waals surface area contributed by atoms with Gasteiger partial charge in [0.2, 0.25) is 5.91 Å². The molecule has 1 aromatic heterocycles. The second-order valence-electron chi connectivity index (χ2n) is 4.39. The first-order valence-corrected chi connectivity index (χ1v) is 6.53. The van der Waals surface area contributed by atoms with E-state index in [1.54, 1.807) is 11.0 Å². The zero-order valence-corrected chi connectivity index (χ0v) is 11.1. The van der Waals surface area contributed by atoms with Gasteiger partial charge in [-0.2, -0.15) is 5.10 Å². The van der Waals surface area contributed by atoms with Gasteiger partial charge in [-0.15, -0.1) is 0 Å². The van der Waals surface area contributed by atoms with Gasteiger partial charge in [0.05, 0.1) is 0 Å². The summed E-state index contributed by atoms with van der Waals surface area (Å²) in [6.45, 7) is 1.34. The van der Waals surface area contributed by atoms with Crippen molar-refractivity contribution >= 4 is 5.91 Å². The lowest BCUT2D eigenvalue weighted by molar-refractivity contribution is -0.121. The molecule has 0 radical (unpaired) electrons. The second-order valence-corrected chi connectivity index (χ2v) is 4.39. The highest BCUT2D eigenvalue weighted by atomic mass is 16.1. The van der Waals surface area contributed by atoms with E-state index in [1.807, 2.05) is 7.05 Å². The van der Waals surface area contributed by atoms with E-state index in [9.17, 15) is 4.79 Å². The minimum atomic E-state index is 0.110.